The molecule has 3 aromatic rings. The Balaban J connectivity index is 2.11. The van der Waals surface area contributed by atoms with Gasteiger partial charge >= 0.3 is 0 Å². The van der Waals surface area contributed by atoms with E-state index in [4.69, 9.17) is 0 Å². The van der Waals surface area contributed by atoms with Gasteiger partial charge in [-0.1, -0.05) is 84.2 Å². The van der Waals surface area contributed by atoms with Crippen LogP contribution in [-0.2, 0) is 0 Å². The van der Waals surface area contributed by atoms with Gasteiger partial charge in [-0.2, -0.15) is 21.0 Å². The minimum absolute atomic E-state index is 0.562. The first-order valence-corrected chi connectivity index (χ1v) is 12.9. The Kier molecular flexibility index (Phi) is 7.14. The number of hydrogen-bond acceptors (Lipinski definition) is 5. The molecule has 0 spiro atoms. The van der Waals surface area contributed by atoms with E-state index in [0.29, 0.717) is 16.7 Å². The van der Waals surface area contributed by atoms with Crippen LogP contribution in [0.25, 0.3) is 0 Å². The number of nitrogens with one attached hydrogen (secondary N) is 1. The molecule has 35 heavy (non-hydrogen) atoms. The molecule has 0 radical (unpaired) electrons. The molecule has 8 heteroatoms. The van der Waals surface area contributed by atoms with Gasteiger partial charge in [0.05, 0.1) is 42.3 Å². The fourth-order valence-corrected chi connectivity index (χ4v) is 6.24. The van der Waals surface area contributed by atoms with Crippen molar-refractivity contribution < 1.29 is 0 Å². The van der Waals surface area contributed by atoms with E-state index in [9.17, 15) is 21.0 Å². The quantitative estimate of drug-likeness (QED) is 0.323. The molecule has 1 heterocycles. The number of benzene rings is 3. The third-order valence-electron chi connectivity index (χ3n) is 6.44. The molecule has 5 nitrogen and oxygen atoms in total. The normalized spacial score (nSPS) is 22.1. The number of hydrogen-bond donors (Lipinski definition) is 1. The van der Waals surface area contributed by atoms with E-state index >= 15 is 0 Å². The van der Waals surface area contributed by atoms with Crippen LogP contribution < -0.4 is 5.32 Å². The van der Waals surface area contributed by atoms with Crippen molar-refractivity contribution in [2.45, 2.75) is 18.0 Å². The summed E-state index contributed by atoms with van der Waals surface area (Å²) < 4.78 is 2.30. The highest BCUT2D eigenvalue weighted by Gasteiger charge is 2.65. The fraction of sp³-hybridized carbons (Fsp3) is 0.185. The zero-order chi connectivity index (χ0) is 25.2. The molecule has 1 aliphatic heterocycles. The molecule has 1 N–H and O–H groups in total. The maximum absolute atomic E-state index is 10.6. The third kappa shape index (κ3) is 4.18. The van der Waals surface area contributed by atoms with Crippen LogP contribution in [0.1, 0.15) is 34.7 Å². The fourth-order valence-electron chi connectivity index (χ4n) is 4.99. The van der Waals surface area contributed by atoms with Crippen LogP contribution in [0.2, 0.25) is 0 Å². The summed E-state index contributed by atoms with van der Waals surface area (Å²) in [5.74, 6) is -1.05. The van der Waals surface area contributed by atoms with Gasteiger partial charge in [0.15, 0.2) is 10.8 Å². The Labute approximate surface area is 229 Å². The summed E-state index contributed by atoms with van der Waals surface area (Å²) in [7, 11) is 0. The van der Waals surface area contributed by atoms with Crippen molar-refractivity contribution >= 4 is 47.8 Å². The third-order valence-corrected chi connectivity index (χ3v) is 7.92. The van der Waals surface area contributed by atoms with E-state index in [1.807, 2.05) is 54.6 Å². The highest BCUT2D eigenvalue weighted by Crippen LogP contribution is 2.62. The molecule has 0 bridgehead atoms. The molecule has 0 saturated carbocycles. The van der Waals surface area contributed by atoms with Gasteiger partial charge in [0.2, 0.25) is 0 Å². The first kappa shape index (κ1) is 25.1. The van der Waals surface area contributed by atoms with Crippen molar-refractivity contribution in [1.82, 2.24) is 5.32 Å². The zero-order valence-corrected chi connectivity index (χ0v) is 22.8. The lowest BCUT2D eigenvalue weighted by Crippen LogP contribution is -2.57. The largest absolute Gasteiger partial charge is 0.298 e. The van der Waals surface area contributed by atoms with Crippen LogP contribution in [0.5, 0.6) is 0 Å². The van der Waals surface area contributed by atoms with Crippen molar-refractivity contribution in [3.05, 3.63) is 103 Å². The summed E-state index contributed by atoms with van der Waals surface area (Å²) in [6.45, 7) is 0. The molecule has 1 aliphatic rings. The topological polar surface area (TPSA) is 107 Å². The van der Waals surface area contributed by atoms with Crippen LogP contribution in [-0.4, -0.2) is 0 Å². The summed E-state index contributed by atoms with van der Waals surface area (Å²) >= 11 is 10.4. The lowest BCUT2D eigenvalue weighted by atomic mass is 9.51. The van der Waals surface area contributed by atoms with Crippen molar-refractivity contribution in [1.29, 1.82) is 21.0 Å². The van der Waals surface area contributed by atoms with Crippen LogP contribution in [0.3, 0.4) is 0 Å². The van der Waals surface area contributed by atoms with Gasteiger partial charge in [-0.25, -0.2) is 0 Å². The first-order chi connectivity index (χ1) is 16.8. The van der Waals surface area contributed by atoms with E-state index in [1.54, 1.807) is 18.2 Å². The number of rotatable bonds is 3. The van der Waals surface area contributed by atoms with E-state index in [-0.39, 0.29) is 0 Å². The average molecular weight is 650 g/mol. The molecule has 170 valence electrons. The molecular formula is C27H16Br3N5. The van der Waals surface area contributed by atoms with Gasteiger partial charge in [0.25, 0.3) is 0 Å². The molecule has 2 unspecified atom stereocenters. The Bertz CT molecular complexity index is 1340. The van der Waals surface area contributed by atoms with Crippen LogP contribution in [0.15, 0.2) is 86.2 Å². The second-order valence-corrected chi connectivity index (χ2v) is 11.1. The smallest absolute Gasteiger partial charge is 0.172 e. The van der Waals surface area contributed by atoms with Crippen LogP contribution in [0.4, 0.5) is 0 Å². The number of nitrogens with zero attached hydrogens (tertiary/aromatic N) is 4. The zero-order valence-electron chi connectivity index (χ0n) is 18.1. The van der Waals surface area contributed by atoms with Crippen molar-refractivity contribution in [2.75, 3.05) is 0 Å². The first-order valence-electron chi connectivity index (χ1n) is 10.5. The Hall–Kier alpha value is -2.98. The predicted molar refractivity (Wildman–Crippen MR) is 141 cm³/mol. The molecule has 0 aromatic heterocycles. The molecule has 2 atom stereocenters. The molecule has 1 saturated heterocycles. The SMILES string of the molecule is N#CC1(C#N)C(c2cccc(Br)c2)NC(c2cccc(Br)c2)C(C#N)(C#N)C1c1cccc(Br)c1. The lowest BCUT2D eigenvalue weighted by molar-refractivity contribution is 0.0997. The molecular weight excluding hydrogens is 634 g/mol. The van der Waals surface area contributed by atoms with E-state index < -0.39 is 28.8 Å². The summed E-state index contributed by atoms with van der Waals surface area (Å²) in [4.78, 5) is 0. The maximum atomic E-state index is 10.6. The minimum atomic E-state index is -1.77. The molecule has 0 amide bonds. The van der Waals surface area contributed by atoms with Gasteiger partial charge < -0.3 is 0 Å². The Morgan fingerprint density at radius 1 is 0.571 bits per heavy atom. The molecule has 1 fully saturated rings. The number of halogens is 3. The summed E-state index contributed by atoms with van der Waals surface area (Å²) in [6, 6.07) is 29.3. The molecule has 0 aliphatic carbocycles. The standard InChI is InChI=1S/C27H16Br3N5/c28-20-7-1-4-17(10-20)23-26(13-31,14-32)24(18-5-2-8-21(29)11-18)35-25(27(23,15-33)16-34)19-6-3-9-22(30)12-19/h1-12,23-25,35H. The highest BCUT2D eigenvalue weighted by molar-refractivity contribution is 9.11. The van der Waals surface area contributed by atoms with E-state index in [1.165, 1.54) is 0 Å². The maximum Gasteiger partial charge on any atom is 0.172 e. The van der Waals surface area contributed by atoms with Crippen LogP contribution >= 0.6 is 47.8 Å². The van der Waals surface area contributed by atoms with Gasteiger partial charge in [0, 0.05) is 13.4 Å². The highest BCUT2D eigenvalue weighted by atomic mass is 79.9. The van der Waals surface area contributed by atoms with Gasteiger partial charge in [0.1, 0.15) is 0 Å². The summed E-state index contributed by atoms with van der Waals surface area (Å²) in [6.07, 6.45) is 0. The van der Waals surface area contributed by atoms with Gasteiger partial charge in [-0.05, 0) is 53.1 Å². The second-order valence-electron chi connectivity index (χ2n) is 8.32. The average Bonchev–Trinajstić information content (AvgIpc) is 2.87. The monoisotopic (exact) mass is 647 g/mol. The van der Waals surface area contributed by atoms with E-state index in [2.05, 4.69) is 77.4 Å². The number of nitriles is 4. The predicted octanol–water partition coefficient (Wildman–Crippen LogP) is 7.21. The van der Waals surface area contributed by atoms with Gasteiger partial charge in [-0.15, -0.1) is 0 Å². The van der Waals surface area contributed by atoms with Crippen molar-refractivity contribution in [3.63, 3.8) is 0 Å². The molecule has 3 aromatic carbocycles. The minimum Gasteiger partial charge on any atom is -0.298 e. The lowest BCUT2D eigenvalue weighted by Gasteiger charge is -2.51. The van der Waals surface area contributed by atoms with E-state index in [0.717, 1.165) is 13.4 Å². The van der Waals surface area contributed by atoms with Crippen molar-refractivity contribution in [2.24, 2.45) is 10.8 Å². The summed E-state index contributed by atoms with van der Waals surface area (Å²) in [5, 5.41) is 45.8. The van der Waals surface area contributed by atoms with Gasteiger partial charge in [-0.3, -0.25) is 5.32 Å². The Morgan fingerprint density at radius 3 is 1.26 bits per heavy atom. The van der Waals surface area contributed by atoms with Crippen LogP contribution in [0, 0.1) is 56.2 Å². The second kappa shape index (κ2) is 9.94. The summed E-state index contributed by atoms with van der Waals surface area (Å²) in [5.41, 5.74) is -1.57. The van der Waals surface area contributed by atoms with Crippen molar-refractivity contribution in [3.8, 4) is 24.3 Å². The Morgan fingerprint density at radius 2 is 0.914 bits per heavy atom. The molecule has 4 rings (SSSR count). The number of piperidine rings is 1.